The number of halogens is 1. The Balaban J connectivity index is 0.00000128. The number of aromatic amines is 1. The monoisotopic (exact) mass is 695 g/mol. The number of phosphoric ester groups is 1. The fourth-order valence-electron chi connectivity index (χ4n) is 4.79. The molecule has 45 heavy (non-hydrogen) atoms. The molecule has 2 aliphatic rings. The lowest BCUT2D eigenvalue weighted by molar-refractivity contribution is -0.0615. The summed E-state index contributed by atoms with van der Waals surface area (Å²) in [4.78, 5) is 51.8. The van der Waals surface area contributed by atoms with Crippen LogP contribution in [0.15, 0.2) is 23.8 Å². The van der Waals surface area contributed by atoms with Crippen LogP contribution < -0.4 is 11.3 Å². The third kappa shape index (κ3) is 6.46. The smallest absolute Gasteiger partial charge is 0.394 e. The van der Waals surface area contributed by atoms with Gasteiger partial charge in [-0.1, -0.05) is 11.6 Å². The Morgan fingerprint density at radius 1 is 1.02 bits per heavy atom. The molecule has 25 heteroatoms. The Morgan fingerprint density at radius 3 is 2.36 bits per heavy atom. The average Bonchev–Trinajstić information content (AvgIpc) is 3.74. The molecule has 0 amide bonds. The molecule has 0 radical (unpaired) electrons. The summed E-state index contributed by atoms with van der Waals surface area (Å²) in [5.74, 6) is -0.255. The first-order chi connectivity index (χ1) is 21.4. The summed E-state index contributed by atoms with van der Waals surface area (Å²) < 4.78 is 45.5. The second kappa shape index (κ2) is 13.3. The van der Waals surface area contributed by atoms with E-state index in [1.807, 2.05) is 0 Å². The zero-order chi connectivity index (χ0) is 32.6. The van der Waals surface area contributed by atoms with Gasteiger partial charge in [-0.25, -0.2) is 29.1 Å². The predicted molar refractivity (Wildman–Crippen MR) is 146 cm³/mol. The number of aliphatic hydroxyl groups is 4. The van der Waals surface area contributed by atoms with Gasteiger partial charge in [0.25, 0.3) is 5.56 Å². The molecule has 0 aromatic carbocycles. The molecule has 22 nitrogen and oxygen atoms in total. The van der Waals surface area contributed by atoms with Gasteiger partial charge in [0.05, 0.1) is 25.9 Å². The van der Waals surface area contributed by atoms with Crippen LogP contribution >= 0.6 is 28.1 Å². The highest BCUT2D eigenvalue weighted by Crippen LogP contribution is 2.50. The van der Waals surface area contributed by atoms with Crippen molar-refractivity contribution in [2.75, 3.05) is 18.9 Å². The molecule has 6 rings (SSSR count). The molecule has 4 aromatic rings. The largest absolute Gasteiger partial charge is 0.472 e. The number of H-pyrrole nitrogens is 1. The number of aliphatic hydroxyl groups excluding tert-OH is 4. The van der Waals surface area contributed by atoms with E-state index in [1.54, 1.807) is 0 Å². The number of ether oxygens (including phenoxy) is 2. The topological polar surface area (TPSA) is 326 Å². The lowest BCUT2D eigenvalue weighted by atomic mass is 10.1. The number of fused-ring (bicyclic) bond motifs is 2. The zero-order valence-corrected chi connectivity index (χ0v) is 24.8. The Labute approximate surface area is 255 Å². The van der Waals surface area contributed by atoms with Crippen molar-refractivity contribution >= 4 is 56.4 Å². The number of hydrogen-bond donors (Lipinski definition) is 8. The minimum atomic E-state index is -5.06. The molecule has 2 fully saturated rings. The van der Waals surface area contributed by atoms with Crippen molar-refractivity contribution in [1.82, 2.24) is 39.0 Å². The quantitative estimate of drug-likeness (QED) is 0.0712. The highest BCUT2D eigenvalue weighted by Gasteiger charge is 2.50. The minimum absolute atomic E-state index is 0.0552. The number of anilines is 1. The van der Waals surface area contributed by atoms with Gasteiger partial charge in [0.2, 0.25) is 5.95 Å². The van der Waals surface area contributed by atoms with Crippen molar-refractivity contribution in [3.8, 4) is 0 Å². The average molecular weight is 696 g/mol. The number of nitrogen functional groups attached to an aromatic ring is 1. The van der Waals surface area contributed by atoms with Crippen molar-refractivity contribution in [3.63, 3.8) is 0 Å². The fraction of sp³-hybridized carbons (Fsp3) is 0.500. The third-order valence-corrected chi connectivity index (χ3v) is 8.06. The van der Waals surface area contributed by atoms with Crippen LogP contribution in [0, 0.1) is 0 Å². The van der Waals surface area contributed by atoms with Crippen LogP contribution in [0.4, 0.5) is 5.95 Å². The Hall–Kier alpha value is -3.08. The standard InChI is InChI=1S/C20H23ClN9O11P.HO2P/c21-14-8-15(24-3-23-14)29(4-25-8)18-12(34)10(32)7(40-18)2-38-42(36,37)41-13-11(33)6(1-31)39-19(13)30-5-26-9-16(30)27-20(22)28-17(9)35;1-3-2/h3-7,10-13,18-19,31-34H,1-2H2,(H,36,37)(H3,22,27,28,35);(H,1,2)/t6-,7-,10-,11-,12-,13-,18-,19-;/m1./s1. The summed E-state index contributed by atoms with van der Waals surface area (Å²) in [7, 11) is -5.89. The zero-order valence-electron chi connectivity index (χ0n) is 22.3. The summed E-state index contributed by atoms with van der Waals surface area (Å²) in [6.45, 7) is -1.44. The van der Waals surface area contributed by atoms with E-state index in [4.69, 9.17) is 45.3 Å². The number of nitrogens with zero attached hydrogens (tertiary/aromatic N) is 7. The summed E-state index contributed by atoms with van der Waals surface area (Å²) >= 11 is 6.01. The highest BCUT2D eigenvalue weighted by atomic mass is 35.5. The molecule has 9 N–H and O–H groups in total. The molecule has 0 aliphatic carbocycles. The fourth-order valence-corrected chi connectivity index (χ4v) is 5.90. The van der Waals surface area contributed by atoms with E-state index in [1.165, 1.54) is 17.2 Å². The van der Waals surface area contributed by atoms with Crippen LogP contribution in [0.5, 0.6) is 0 Å². The number of hydrogen-bond acceptors (Lipinski definition) is 17. The molecule has 0 bridgehead atoms. The van der Waals surface area contributed by atoms with E-state index in [-0.39, 0.29) is 33.4 Å². The molecule has 0 saturated carbocycles. The molecule has 9 atom stereocenters. The number of phosphoric acid groups is 1. The van der Waals surface area contributed by atoms with Gasteiger partial charge < -0.3 is 45.4 Å². The van der Waals surface area contributed by atoms with Gasteiger partial charge in [-0.3, -0.25) is 28.0 Å². The maximum atomic E-state index is 13.0. The number of imidazole rings is 2. The van der Waals surface area contributed by atoms with E-state index >= 15 is 0 Å². The number of nitrogens with two attached hydrogens (primary N) is 1. The van der Waals surface area contributed by atoms with Gasteiger partial charge in [-0.15, -0.1) is 0 Å². The number of nitrogens with one attached hydrogen (secondary N) is 1. The normalized spacial score (nSPS) is 29.7. The van der Waals surface area contributed by atoms with Gasteiger partial charge in [0, 0.05) is 0 Å². The minimum Gasteiger partial charge on any atom is -0.394 e. The summed E-state index contributed by atoms with van der Waals surface area (Å²) in [5, 5.41) is 41.6. The van der Waals surface area contributed by atoms with Crippen molar-refractivity contribution in [2.45, 2.75) is 49.1 Å². The molecular formula is C20H24ClN9O13P2. The van der Waals surface area contributed by atoms with Crippen LogP contribution in [0.3, 0.4) is 0 Å². The van der Waals surface area contributed by atoms with Crippen molar-refractivity contribution in [1.29, 1.82) is 0 Å². The van der Waals surface area contributed by atoms with Crippen LogP contribution in [-0.4, -0.2) is 119 Å². The third-order valence-electron chi connectivity index (χ3n) is 6.80. The molecule has 0 spiro atoms. The molecule has 4 aromatic heterocycles. The Morgan fingerprint density at radius 2 is 1.67 bits per heavy atom. The van der Waals surface area contributed by atoms with Crippen molar-refractivity contribution in [3.05, 3.63) is 34.5 Å². The molecule has 6 heterocycles. The van der Waals surface area contributed by atoms with Crippen LogP contribution in [0.1, 0.15) is 12.5 Å². The van der Waals surface area contributed by atoms with E-state index in [2.05, 4.69) is 29.9 Å². The van der Waals surface area contributed by atoms with Gasteiger partial charge >= 0.3 is 16.5 Å². The Bertz CT molecular complexity index is 1790. The van der Waals surface area contributed by atoms with Crippen LogP contribution in [0.25, 0.3) is 22.3 Å². The first-order valence-corrected chi connectivity index (χ1v) is 15.2. The van der Waals surface area contributed by atoms with Gasteiger partial charge in [0.15, 0.2) is 34.4 Å². The summed E-state index contributed by atoms with van der Waals surface area (Å²) in [6, 6.07) is 0. The highest BCUT2D eigenvalue weighted by molar-refractivity contribution is 7.47. The van der Waals surface area contributed by atoms with E-state index in [0.29, 0.717) is 0 Å². The lowest BCUT2D eigenvalue weighted by Crippen LogP contribution is -2.36. The molecule has 2 aliphatic heterocycles. The van der Waals surface area contributed by atoms with Gasteiger partial charge in [-0.05, 0) is 0 Å². The van der Waals surface area contributed by atoms with Crippen LogP contribution in [0.2, 0.25) is 5.15 Å². The predicted octanol–water partition coefficient (Wildman–Crippen LogP) is -2.25. The first kappa shape index (κ1) is 33.3. The van der Waals surface area contributed by atoms with Crippen LogP contribution in [-0.2, 0) is 27.7 Å². The first-order valence-electron chi connectivity index (χ1n) is 12.5. The van der Waals surface area contributed by atoms with Crippen molar-refractivity contribution in [2.24, 2.45) is 0 Å². The second-order valence-corrected chi connectivity index (χ2v) is 11.4. The van der Waals surface area contributed by atoms with E-state index in [0.717, 1.165) is 10.9 Å². The maximum absolute atomic E-state index is 13.0. The summed E-state index contributed by atoms with van der Waals surface area (Å²) in [6.07, 6.45) is -8.08. The number of aromatic nitrogens is 8. The SMILES string of the molecule is Nc1nc2c(ncn2[C@@H]2O[C@H](CO)[C@@H](O)[C@H]2OP(=O)(O)OC[C@H]2O[C@@H](n3cnc4c(Cl)ncnc43)[C@H](O)[C@@H]2O)c(=O)[nH]1.O=PO. The van der Waals surface area contributed by atoms with Gasteiger partial charge in [-0.2, -0.15) is 4.98 Å². The molecular weight excluding hydrogens is 672 g/mol. The lowest BCUT2D eigenvalue weighted by Gasteiger charge is -2.24. The maximum Gasteiger partial charge on any atom is 0.472 e. The summed E-state index contributed by atoms with van der Waals surface area (Å²) in [5.41, 5.74) is 5.15. The van der Waals surface area contributed by atoms with E-state index < -0.39 is 84.4 Å². The van der Waals surface area contributed by atoms with Gasteiger partial charge in [0.1, 0.15) is 48.5 Å². The molecule has 2 saturated heterocycles. The van der Waals surface area contributed by atoms with E-state index in [9.17, 15) is 34.7 Å². The number of rotatable bonds is 8. The van der Waals surface area contributed by atoms with Crippen molar-refractivity contribution < 1.29 is 57.9 Å². The molecule has 1 unspecified atom stereocenters. The Kier molecular flexibility index (Phi) is 9.87. The second-order valence-electron chi connectivity index (χ2n) is 9.46. The molecule has 244 valence electrons.